The third-order valence-corrected chi connectivity index (χ3v) is 2.11. The molecule has 1 heterocycles. The van der Waals surface area contributed by atoms with Crippen LogP contribution < -0.4 is 10.6 Å². The maximum Gasteiger partial charge on any atom is 0.322 e. The van der Waals surface area contributed by atoms with E-state index in [0.29, 0.717) is 5.57 Å². The average Bonchev–Trinajstić information content (AvgIpc) is 2.65. The lowest BCUT2D eigenvalue weighted by atomic mass is 10.2. The van der Waals surface area contributed by atoms with Gasteiger partial charge in [-0.15, -0.1) is 11.6 Å². The Hall–Kier alpha value is -2.06. The van der Waals surface area contributed by atoms with E-state index < -0.39 is 23.8 Å². The predicted octanol–water partition coefficient (Wildman–Crippen LogP) is 1.40. The van der Waals surface area contributed by atoms with Gasteiger partial charge >= 0.3 is 6.03 Å². The highest BCUT2D eigenvalue weighted by Crippen LogP contribution is 2.00. The summed E-state index contributed by atoms with van der Waals surface area (Å²) in [6.45, 7) is 3.59. The number of amides is 3. The van der Waals surface area contributed by atoms with Gasteiger partial charge in [0.05, 0.1) is 5.88 Å². The molecule has 94 valence electrons. The average molecular weight is 269 g/mol. The van der Waals surface area contributed by atoms with Crippen molar-refractivity contribution >= 4 is 23.5 Å². The number of hydrogen-bond donors (Lipinski definition) is 2. The number of halogens is 2. The van der Waals surface area contributed by atoms with Gasteiger partial charge in [0.2, 0.25) is 0 Å². The number of carbonyl (C=O) groups excluding carboxylic acids is 2. The van der Waals surface area contributed by atoms with Crippen molar-refractivity contribution in [3.63, 3.8) is 0 Å². The number of carbonyl (C=O) groups is 2. The summed E-state index contributed by atoms with van der Waals surface area (Å²) in [7, 11) is 0. The van der Waals surface area contributed by atoms with Crippen LogP contribution in [0.3, 0.4) is 0 Å². The molecular formula is C12H10ClFN2O2. The van der Waals surface area contributed by atoms with Crippen molar-refractivity contribution < 1.29 is 14.0 Å². The first-order chi connectivity index (χ1) is 8.52. The van der Waals surface area contributed by atoms with E-state index in [1.165, 1.54) is 18.2 Å². The minimum absolute atomic E-state index is 0.198. The fraction of sp³-hybridized carbons (Fsp3) is 0.167. The number of nitrogens with one attached hydrogen (secondary N) is 2. The zero-order valence-corrected chi connectivity index (χ0v) is 10.1. The lowest BCUT2D eigenvalue weighted by molar-refractivity contribution is -0.119. The minimum atomic E-state index is -0.877. The molecule has 6 heteroatoms. The Bertz CT molecular complexity index is 500. The summed E-state index contributed by atoms with van der Waals surface area (Å²) < 4.78 is 12.6. The monoisotopic (exact) mass is 268 g/mol. The fourth-order valence-corrected chi connectivity index (χ4v) is 1.13. The molecule has 0 spiro atoms. The first-order valence-electron chi connectivity index (χ1n) is 4.93. The number of rotatable bonds is 3. The van der Waals surface area contributed by atoms with Crippen molar-refractivity contribution in [1.82, 2.24) is 10.6 Å². The first-order valence-corrected chi connectivity index (χ1v) is 5.47. The van der Waals surface area contributed by atoms with E-state index in [4.69, 9.17) is 11.6 Å². The summed E-state index contributed by atoms with van der Waals surface area (Å²) in [4.78, 5) is 21.9. The second-order valence-electron chi connectivity index (χ2n) is 3.30. The normalized spacial score (nSPS) is 19.2. The van der Waals surface area contributed by atoms with Crippen LogP contribution in [0.1, 0.15) is 0 Å². The smallest absolute Gasteiger partial charge is 0.316 e. The third kappa shape index (κ3) is 4.44. The highest BCUT2D eigenvalue weighted by molar-refractivity contribution is 6.19. The molecule has 2 N–H and O–H groups in total. The van der Waals surface area contributed by atoms with Crippen LogP contribution in [0.5, 0.6) is 0 Å². The molecule has 0 radical (unpaired) electrons. The molecule has 3 amide bonds. The quantitative estimate of drug-likeness (QED) is 0.352. The fourth-order valence-electron chi connectivity index (χ4n) is 1.04. The van der Waals surface area contributed by atoms with Crippen molar-refractivity contribution in [2.75, 3.05) is 5.88 Å². The minimum Gasteiger partial charge on any atom is -0.316 e. The number of imide groups is 1. The summed E-state index contributed by atoms with van der Waals surface area (Å²) >= 11 is 5.23. The van der Waals surface area contributed by atoms with Gasteiger partial charge in [0.15, 0.2) is 6.04 Å². The second kappa shape index (κ2) is 6.62. The van der Waals surface area contributed by atoms with Crippen LogP contribution in [0.2, 0.25) is 0 Å². The van der Waals surface area contributed by atoms with Crippen molar-refractivity contribution in [2.45, 2.75) is 6.04 Å². The molecule has 1 rings (SSSR count). The predicted molar refractivity (Wildman–Crippen MR) is 66.4 cm³/mol. The van der Waals surface area contributed by atoms with Crippen LogP contribution in [0.25, 0.3) is 0 Å². The molecule has 0 aromatic carbocycles. The highest BCUT2D eigenvalue weighted by atomic mass is 35.5. The molecule has 0 saturated carbocycles. The van der Waals surface area contributed by atoms with Crippen molar-refractivity contribution in [1.29, 1.82) is 0 Å². The molecule has 1 atom stereocenters. The Morgan fingerprint density at radius 2 is 2.28 bits per heavy atom. The Morgan fingerprint density at radius 1 is 1.56 bits per heavy atom. The summed E-state index contributed by atoms with van der Waals surface area (Å²) in [5.74, 6) is 3.93. The highest BCUT2D eigenvalue weighted by Gasteiger charge is 2.27. The van der Waals surface area contributed by atoms with Gasteiger partial charge in [-0.2, -0.15) is 0 Å². The molecule has 0 bridgehead atoms. The van der Waals surface area contributed by atoms with E-state index >= 15 is 0 Å². The maximum absolute atomic E-state index is 12.6. The van der Waals surface area contributed by atoms with Crippen LogP contribution in [0.15, 0.2) is 36.2 Å². The largest absolute Gasteiger partial charge is 0.322 e. The first kappa shape index (κ1) is 14.0. The topological polar surface area (TPSA) is 58.2 Å². The third-order valence-electron chi connectivity index (χ3n) is 1.85. The van der Waals surface area contributed by atoms with E-state index in [2.05, 4.69) is 23.7 Å². The number of alkyl halides is 1. The second-order valence-corrected chi connectivity index (χ2v) is 3.56. The van der Waals surface area contributed by atoms with Crippen LogP contribution >= 0.6 is 11.6 Å². The van der Waals surface area contributed by atoms with Gasteiger partial charge in [0.1, 0.15) is 5.83 Å². The zero-order valence-electron chi connectivity index (χ0n) is 9.30. The Labute approximate surface area is 109 Å². The Balaban J connectivity index is 2.56. The zero-order chi connectivity index (χ0) is 13.5. The van der Waals surface area contributed by atoms with E-state index in [9.17, 15) is 14.0 Å². The standard InChI is InChI=1S/C12H10ClFN2O2/c1-8(3-2-4-9(14)7-13)5-6-10-11(17)16-12(18)15-10/h2-4,10H,1,7H2,(H2,15,16,17,18)/b3-2-,9-4+. The lowest BCUT2D eigenvalue weighted by Crippen LogP contribution is -2.26. The van der Waals surface area contributed by atoms with Crippen LogP contribution in [0.4, 0.5) is 9.18 Å². The summed E-state index contributed by atoms with van der Waals surface area (Å²) in [5, 5.41) is 4.36. The van der Waals surface area contributed by atoms with Crippen LogP contribution in [-0.2, 0) is 4.79 Å². The van der Waals surface area contributed by atoms with Gasteiger partial charge in [-0.05, 0) is 12.2 Å². The van der Waals surface area contributed by atoms with Gasteiger partial charge < -0.3 is 5.32 Å². The molecule has 1 aliphatic rings. The number of hydrogen-bond acceptors (Lipinski definition) is 2. The number of allylic oxidation sites excluding steroid dienone is 5. The van der Waals surface area contributed by atoms with Crippen molar-refractivity contribution in [3.05, 3.63) is 36.2 Å². The molecule has 0 aliphatic carbocycles. The molecule has 4 nitrogen and oxygen atoms in total. The van der Waals surface area contributed by atoms with Crippen molar-refractivity contribution in [2.24, 2.45) is 0 Å². The van der Waals surface area contributed by atoms with E-state index in [1.54, 1.807) is 0 Å². The molecule has 1 aliphatic heterocycles. The van der Waals surface area contributed by atoms with Gasteiger partial charge in [-0.3, -0.25) is 10.1 Å². The number of urea groups is 1. The molecule has 18 heavy (non-hydrogen) atoms. The molecule has 0 aromatic heterocycles. The Morgan fingerprint density at radius 3 is 2.83 bits per heavy atom. The van der Waals surface area contributed by atoms with Crippen LogP contribution in [-0.4, -0.2) is 23.9 Å². The summed E-state index contributed by atoms with van der Waals surface area (Å²) in [6, 6.07) is -1.45. The maximum atomic E-state index is 12.6. The molecule has 1 saturated heterocycles. The van der Waals surface area contributed by atoms with E-state index in [1.807, 2.05) is 5.32 Å². The van der Waals surface area contributed by atoms with E-state index in [-0.39, 0.29) is 5.88 Å². The molecular weight excluding hydrogens is 259 g/mol. The molecule has 1 fully saturated rings. The molecule has 1 unspecified atom stereocenters. The van der Waals surface area contributed by atoms with Gasteiger partial charge in [0.25, 0.3) is 5.91 Å². The Kier molecular flexibility index (Phi) is 5.15. The lowest BCUT2D eigenvalue weighted by Gasteiger charge is -1.94. The van der Waals surface area contributed by atoms with Crippen molar-refractivity contribution in [3.8, 4) is 11.8 Å². The van der Waals surface area contributed by atoms with Crippen LogP contribution in [0, 0.1) is 11.8 Å². The van der Waals surface area contributed by atoms with Gasteiger partial charge in [0, 0.05) is 5.57 Å². The van der Waals surface area contributed by atoms with Gasteiger partial charge in [-0.25, -0.2) is 9.18 Å². The van der Waals surface area contributed by atoms with Gasteiger partial charge in [-0.1, -0.05) is 24.5 Å². The van der Waals surface area contributed by atoms with E-state index in [0.717, 1.165) is 0 Å². The molecule has 0 aromatic rings. The summed E-state index contributed by atoms with van der Waals surface area (Å²) in [6.07, 6.45) is 4.06. The summed E-state index contributed by atoms with van der Waals surface area (Å²) in [5.41, 5.74) is 0.377. The SMILES string of the molecule is C=C(C#CC1NC(=O)NC1=O)/C=C\C=C(\F)CCl.